The second kappa shape index (κ2) is 19.9. The van der Waals surface area contributed by atoms with Crippen LogP contribution in [-0.2, 0) is 33.5 Å². The number of esters is 1. The predicted octanol–water partition coefficient (Wildman–Crippen LogP) is 6.03. The Morgan fingerprint density at radius 1 is 1.00 bits per heavy atom. The van der Waals surface area contributed by atoms with E-state index < -0.39 is 63.4 Å². The van der Waals surface area contributed by atoms with Crippen molar-refractivity contribution < 1.29 is 61.4 Å². The maximum absolute atomic E-state index is 12.3. The number of rotatable bonds is 11. The van der Waals surface area contributed by atoms with Gasteiger partial charge in [-0.1, -0.05) is 34.8 Å². The monoisotopic (exact) mass is 850 g/mol. The molecule has 0 amide bonds. The van der Waals surface area contributed by atoms with Gasteiger partial charge in [-0.25, -0.2) is 13.2 Å². The molecule has 2 atom stereocenters. The molecule has 3 aromatic carbocycles. The highest BCUT2D eigenvalue weighted by atomic mass is 35.5. The first-order chi connectivity index (χ1) is 25.0. The topological polar surface area (TPSA) is 265 Å². The van der Waals surface area contributed by atoms with Crippen LogP contribution >= 0.6 is 42.2 Å². The van der Waals surface area contributed by atoms with Crippen molar-refractivity contribution in [1.82, 2.24) is 0 Å². The standard InChI is InChI=1S/C14H9Cl2NO5.C14H13ClO5S.C5H12NO4P/c1-21-14(18)10-7-9(3-4-12(10)17(19)20)22-13-5-2-8(15)6-11(13)16;1-21(19,20)8-5-6-9(10(15)7-8)14(18)13-11(16)3-2-4-12(13)17;1-11(9,10)3-2-4(6)5(7)8/h2-7H,1H3;5-7,13H,2-4H2,1H3;4H,2-3,6H2,1H3,(H,7,8)(H,9,10). The largest absolute Gasteiger partial charge is 0.480 e. The third-order valence-corrected chi connectivity index (χ3v) is 10.3. The maximum atomic E-state index is 12.3. The lowest BCUT2D eigenvalue weighted by atomic mass is 9.82. The van der Waals surface area contributed by atoms with E-state index in [1.807, 2.05) is 0 Å². The number of nitrogens with two attached hydrogens (primary N) is 1. The van der Waals surface area contributed by atoms with E-state index in [9.17, 15) is 47.1 Å². The van der Waals surface area contributed by atoms with Crippen LogP contribution in [0.5, 0.6) is 11.5 Å². The van der Waals surface area contributed by atoms with Crippen LogP contribution in [0.15, 0.2) is 59.5 Å². The van der Waals surface area contributed by atoms with E-state index in [4.69, 9.17) is 55.3 Å². The lowest BCUT2D eigenvalue weighted by molar-refractivity contribution is -0.385. The van der Waals surface area contributed by atoms with Gasteiger partial charge in [-0.15, -0.1) is 0 Å². The molecule has 0 spiro atoms. The molecule has 0 saturated heterocycles. The van der Waals surface area contributed by atoms with Crippen LogP contribution in [0.4, 0.5) is 5.69 Å². The van der Waals surface area contributed by atoms with Gasteiger partial charge in [0, 0.05) is 54.6 Å². The fraction of sp³-hybridized carbons (Fsp3) is 0.303. The summed E-state index contributed by atoms with van der Waals surface area (Å²) in [5.74, 6) is -4.24. The Labute approximate surface area is 324 Å². The molecule has 2 unspecified atom stereocenters. The van der Waals surface area contributed by atoms with Gasteiger partial charge in [-0.05, 0) is 55.3 Å². The average Bonchev–Trinajstić information content (AvgIpc) is 3.07. The first kappa shape index (κ1) is 45.9. The number of hydrogen-bond acceptors (Lipinski definition) is 13. The Hall–Kier alpha value is -4.22. The second-order valence-corrected chi connectivity index (χ2v) is 17.4. The lowest BCUT2D eigenvalue weighted by Gasteiger charge is -2.18. The number of benzene rings is 3. The van der Waals surface area contributed by atoms with Crippen LogP contribution in [0, 0.1) is 16.0 Å². The summed E-state index contributed by atoms with van der Waals surface area (Å²) in [5, 5.41) is 19.8. The number of nitro benzene ring substituents is 1. The SMILES string of the molecule is COC(=O)c1cc(Oc2ccc(Cl)cc2Cl)ccc1[N+](=O)[O-].CP(=O)(O)CCC(N)C(=O)O.CS(=O)(=O)c1ccc(C(=O)C2C(=O)CCCC2=O)c(Cl)c1. The van der Waals surface area contributed by atoms with Gasteiger partial charge >= 0.3 is 11.9 Å². The molecule has 1 aliphatic carbocycles. The molecule has 0 aromatic heterocycles. The van der Waals surface area contributed by atoms with Crippen LogP contribution in [0.1, 0.15) is 46.4 Å². The number of carbonyl (C=O) groups excluding carboxylic acids is 4. The summed E-state index contributed by atoms with van der Waals surface area (Å²) < 4.78 is 43.5. The molecule has 0 aliphatic heterocycles. The van der Waals surface area contributed by atoms with Gasteiger partial charge in [0.2, 0.25) is 0 Å². The van der Waals surface area contributed by atoms with E-state index in [1.165, 1.54) is 37.0 Å². The number of halogens is 3. The van der Waals surface area contributed by atoms with Gasteiger partial charge in [-0.3, -0.25) is 33.9 Å². The minimum atomic E-state index is -3.44. The van der Waals surface area contributed by atoms with Crippen LogP contribution < -0.4 is 10.5 Å². The van der Waals surface area contributed by atoms with Crippen LogP contribution in [0.2, 0.25) is 15.1 Å². The molecule has 4 N–H and O–H groups in total. The number of Topliss-reactive ketones (excluding diaryl/α,β-unsaturated/α-hetero) is 3. The van der Waals surface area contributed by atoms with E-state index >= 15 is 0 Å². The van der Waals surface area contributed by atoms with Gasteiger partial charge < -0.3 is 25.2 Å². The van der Waals surface area contributed by atoms with Crippen LogP contribution in [0.3, 0.4) is 0 Å². The number of carboxylic acids is 1. The van der Waals surface area contributed by atoms with Crippen molar-refractivity contribution in [2.75, 3.05) is 26.2 Å². The zero-order valence-corrected chi connectivity index (χ0v) is 32.7. The number of ketones is 3. The summed E-state index contributed by atoms with van der Waals surface area (Å²) in [7, 11) is -5.41. The average molecular weight is 852 g/mol. The summed E-state index contributed by atoms with van der Waals surface area (Å²) in [6.45, 7) is 1.18. The molecule has 0 heterocycles. The minimum Gasteiger partial charge on any atom is -0.480 e. The fourth-order valence-electron chi connectivity index (χ4n) is 4.48. The van der Waals surface area contributed by atoms with Crippen molar-refractivity contribution >= 4 is 87.0 Å². The third-order valence-electron chi connectivity index (χ3n) is 7.25. The number of carboxylic acid groups (broad SMARTS) is 1. The summed E-state index contributed by atoms with van der Waals surface area (Å²) in [4.78, 5) is 76.6. The summed E-state index contributed by atoms with van der Waals surface area (Å²) in [5.41, 5.74) is 4.50. The first-order valence-corrected chi connectivity index (χ1v) is 20.6. The van der Waals surface area contributed by atoms with Crippen molar-refractivity contribution in [3.05, 3.63) is 90.9 Å². The summed E-state index contributed by atoms with van der Waals surface area (Å²) in [6.07, 6.45) is 1.87. The van der Waals surface area contributed by atoms with Gasteiger partial charge in [0.15, 0.2) is 34.6 Å². The molecule has 1 aliphatic rings. The number of nitrogens with zero attached hydrogens (tertiary/aromatic N) is 1. The normalized spacial score (nSPS) is 14.6. The van der Waals surface area contributed by atoms with Crippen molar-refractivity contribution in [3.8, 4) is 11.5 Å². The van der Waals surface area contributed by atoms with Crippen molar-refractivity contribution in [1.29, 1.82) is 0 Å². The molecular formula is C33H34Cl3N2O14PS. The molecule has 1 saturated carbocycles. The molecule has 16 nitrogen and oxygen atoms in total. The number of methoxy groups -OCH3 is 1. The Bertz CT molecular complexity index is 2090. The highest BCUT2D eigenvalue weighted by molar-refractivity contribution is 7.90. The van der Waals surface area contributed by atoms with Crippen LogP contribution in [-0.4, -0.2) is 84.9 Å². The lowest BCUT2D eigenvalue weighted by Crippen LogP contribution is -2.35. The molecule has 3 aromatic rings. The zero-order valence-electron chi connectivity index (χ0n) is 28.7. The molecule has 0 radical (unpaired) electrons. The maximum Gasteiger partial charge on any atom is 0.345 e. The minimum absolute atomic E-state index is 0.00216. The summed E-state index contributed by atoms with van der Waals surface area (Å²) >= 11 is 17.7. The van der Waals surface area contributed by atoms with E-state index in [2.05, 4.69) is 4.74 Å². The van der Waals surface area contributed by atoms with E-state index in [-0.39, 0.29) is 62.9 Å². The fourth-order valence-corrected chi connectivity index (χ4v) is 6.67. The quantitative estimate of drug-likeness (QED) is 0.0496. The molecule has 21 heteroatoms. The van der Waals surface area contributed by atoms with E-state index in [0.717, 1.165) is 25.5 Å². The van der Waals surface area contributed by atoms with Gasteiger partial charge in [0.05, 0.1) is 27.0 Å². The van der Waals surface area contributed by atoms with Crippen molar-refractivity contribution in [2.45, 2.75) is 36.6 Å². The van der Waals surface area contributed by atoms with Crippen LogP contribution in [0.25, 0.3) is 0 Å². The number of carbonyl (C=O) groups is 5. The molecule has 4 rings (SSSR count). The Morgan fingerprint density at radius 2 is 1.61 bits per heavy atom. The molecule has 54 heavy (non-hydrogen) atoms. The molecule has 292 valence electrons. The highest BCUT2D eigenvalue weighted by Crippen LogP contribution is 2.36. The van der Waals surface area contributed by atoms with E-state index in [0.29, 0.717) is 17.2 Å². The number of ether oxygens (including phenoxy) is 2. The number of nitro groups is 1. The third kappa shape index (κ3) is 13.9. The van der Waals surface area contributed by atoms with Gasteiger partial charge in [0.1, 0.15) is 29.0 Å². The smallest absolute Gasteiger partial charge is 0.345 e. The van der Waals surface area contributed by atoms with Crippen molar-refractivity contribution in [3.63, 3.8) is 0 Å². The predicted molar refractivity (Wildman–Crippen MR) is 198 cm³/mol. The van der Waals surface area contributed by atoms with E-state index in [1.54, 1.807) is 12.1 Å². The Kier molecular flexibility index (Phi) is 16.9. The van der Waals surface area contributed by atoms with Crippen molar-refractivity contribution in [2.24, 2.45) is 11.7 Å². The second-order valence-electron chi connectivity index (χ2n) is 11.6. The van der Waals surface area contributed by atoms with Gasteiger partial charge in [-0.2, -0.15) is 0 Å². The highest BCUT2D eigenvalue weighted by Gasteiger charge is 2.37. The molecular weight excluding hydrogens is 818 g/mol. The number of aliphatic carboxylic acids is 1. The van der Waals surface area contributed by atoms with Gasteiger partial charge in [0.25, 0.3) is 5.69 Å². The Morgan fingerprint density at radius 3 is 2.09 bits per heavy atom. The number of sulfone groups is 1. The molecule has 0 bridgehead atoms. The Balaban J connectivity index is 0.000000297. The number of hydrogen-bond donors (Lipinski definition) is 3. The first-order valence-electron chi connectivity index (χ1n) is 15.3. The summed E-state index contributed by atoms with van der Waals surface area (Å²) in [6, 6.07) is 11.0. The molecule has 1 fully saturated rings. The zero-order chi connectivity index (χ0) is 41.1.